The number of rotatable bonds is 8. The average Bonchev–Trinajstić information content (AvgIpc) is 2.09. The fraction of sp³-hybridized carbons (Fsp3) is 0.818. The molecule has 0 radical (unpaired) electrons. The molecule has 0 spiro atoms. The van der Waals surface area contributed by atoms with E-state index < -0.39 is 0 Å². The Morgan fingerprint density at radius 1 is 1.17 bits per heavy atom. The van der Waals surface area contributed by atoms with Crippen LogP contribution in [0.2, 0.25) is 0 Å². The van der Waals surface area contributed by atoms with E-state index in [1.165, 1.54) is 49.2 Å². The minimum atomic E-state index is 1.24. The quantitative estimate of drug-likeness (QED) is 0.403. The summed E-state index contributed by atoms with van der Waals surface area (Å²) in [4.78, 5) is 0. The maximum Gasteiger partial charge on any atom is -0.00646 e. The molecule has 0 amide bonds. The van der Waals surface area contributed by atoms with Gasteiger partial charge in [-0.25, -0.2) is 0 Å². The summed E-state index contributed by atoms with van der Waals surface area (Å²) < 4.78 is 0. The van der Waals surface area contributed by atoms with Crippen LogP contribution in [-0.4, -0.2) is 11.5 Å². The molecule has 12 heavy (non-hydrogen) atoms. The molecule has 0 aliphatic carbocycles. The molecular formula is C11H22S. The summed E-state index contributed by atoms with van der Waals surface area (Å²) in [6, 6.07) is 0. The molecule has 0 atom stereocenters. The van der Waals surface area contributed by atoms with Gasteiger partial charge in [0.1, 0.15) is 0 Å². The summed E-state index contributed by atoms with van der Waals surface area (Å²) in [7, 11) is 0. The minimum absolute atomic E-state index is 1.24. The Hall–Kier alpha value is 0.0900. The molecule has 0 aromatic heterocycles. The molecule has 0 unspecified atom stereocenters. The van der Waals surface area contributed by atoms with Crippen molar-refractivity contribution in [3.8, 4) is 0 Å². The van der Waals surface area contributed by atoms with E-state index in [0.29, 0.717) is 0 Å². The van der Waals surface area contributed by atoms with Gasteiger partial charge in [0, 0.05) is 0 Å². The van der Waals surface area contributed by atoms with Crippen LogP contribution < -0.4 is 0 Å². The predicted molar refractivity (Wildman–Crippen MR) is 60.9 cm³/mol. The Morgan fingerprint density at radius 3 is 2.42 bits per heavy atom. The second kappa shape index (κ2) is 9.18. The van der Waals surface area contributed by atoms with Crippen molar-refractivity contribution in [3.63, 3.8) is 0 Å². The second-order valence-corrected chi connectivity index (χ2v) is 4.55. The number of thioether (sulfide) groups is 1. The van der Waals surface area contributed by atoms with Gasteiger partial charge in [-0.05, 0) is 37.2 Å². The summed E-state index contributed by atoms with van der Waals surface area (Å²) in [5.74, 6) is 2.56. The molecule has 0 rings (SSSR count). The SMILES string of the molecule is C=C(CCCC)CCCSCC. The fourth-order valence-corrected chi connectivity index (χ4v) is 1.76. The molecule has 1 heteroatoms. The third-order valence-corrected chi connectivity index (χ3v) is 2.89. The lowest BCUT2D eigenvalue weighted by atomic mass is 10.1. The zero-order valence-electron chi connectivity index (χ0n) is 8.57. The Bertz CT molecular complexity index is 108. The molecule has 0 saturated heterocycles. The first-order chi connectivity index (χ1) is 5.81. The lowest BCUT2D eigenvalue weighted by molar-refractivity contribution is 0.748. The number of unbranched alkanes of at least 4 members (excludes halogenated alkanes) is 1. The minimum Gasteiger partial charge on any atom is -0.162 e. The lowest BCUT2D eigenvalue weighted by Crippen LogP contribution is -1.86. The Morgan fingerprint density at radius 2 is 1.83 bits per heavy atom. The monoisotopic (exact) mass is 186 g/mol. The number of hydrogen-bond acceptors (Lipinski definition) is 1. The van der Waals surface area contributed by atoms with E-state index in [1.807, 2.05) is 11.8 Å². The zero-order valence-corrected chi connectivity index (χ0v) is 9.38. The number of allylic oxidation sites excluding steroid dienone is 1. The van der Waals surface area contributed by atoms with Gasteiger partial charge in [-0.3, -0.25) is 0 Å². The van der Waals surface area contributed by atoms with Gasteiger partial charge in [0.25, 0.3) is 0 Å². The average molecular weight is 186 g/mol. The molecule has 0 aromatic carbocycles. The third kappa shape index (κ3) is 8.19. The van der Waals surface area contributed by atoms with Crippen molar-refractivity contribution in [2.45, 2.75) is 46.0 Å². The van der Waals surface area contributed by atoms with Gasteiger partial charge in [-0.2, -0.15) is 11.8 Å². The van der Waals surface area contributed by atoms with Gasteiger partial charge in [0.05, 0.1) is 0 Å². The highest BCUT2D eigenvalue weighted by Crippen LogP contribution is 2.13. The summed E-state index contributed by atoms with van der Waals surface area (Å²) in [6.07, 6.45) is 6.42. The van der Waals surface area contributed by atoms with E-state index in [4.69, 9.17) is 0 Å². The normalized spacial score (nSPS) is 10.2. The van der Waals surface area contributed by atoms with E-state index in [1.54, 1.807) is 0 Å². The topological polar surface area (TPSA) is 0 Å². The van der Waals surface area contributed by atoms with E-state index in [0.717, 1.165) is 0 Å². The highest BCUT2D eigenvalue weighted by atomic mass is 32.2. The first-order valence-corrected chi connectivity index (χ1v) is 6.21. The van der Waals surface area contributed by atoms with Crippen molar-refractivity contribution in [2.24, 2.45) is 0 Å². The summed E-state index contributed by atoms with van der Waals surface area (Å²) in [5.41, 5.74) is 1.45. The van der Waals surface area contributed by atoms with E-state index in [-0.39, 0.29) is 0 Å². The van der Waals surface area contributed by atoms with Gasteiger partial charge in [0.2, 0.25) is 0 Å². The van der Waals surface area contributed by atoms with Crippen molar-refractivity contribution in [2.75, 3.05) is 11.5 Å². The first kappa shape index (κ1) is 12.1. The van der Waals surface area contributed by atoms with Gasteiger partial charge in [0.15, 0.2) is 0 Å². The van der Waals surface area contributed by atoms with Crippen LogP contribution >= 0.6 is 11.8 Å². The van der Waals surface area contributed by atoms with Gasteiger partial charge in [-0.15, -0.1) is 0 Å². The Kier molecular flexibility index (Phi) is 9.25. The maximum absolute atomic E-state index is 4.08. The molecule has 0 nitrogen and oxygen atoms in total. The van der Waals surface area contributed by atoms with Crippen molar-refractivity contribution in [1.29, 1.82) is 0 Å². The van der Waals surface area contributed by atoms with Crippen molar-refractivity contribution in [3.05, 3.63) is 12.2 Å². The van der Waals surface area contributed by atoms with Crippen LogP contribution in [0.5, 0.6) is 0 Å². The smallest absolute Gasteiger partial charge is 0.00646 e. The molecule has 0 aromatic rings. The van der Waals surface area contributed by atoms with Gasteiger partial charge in [-0.1, -0.05) is 32.4 Å². The first-order valence-electron chi connectivity index (χ1n) is 5.05. The van der Waals surface area contributed by atoms with Crippen molar-refractivity contribution < 1.29 is 0 Å². The molecule has 0 bridgehead atoms. The molecular weight excluding hydrogens is 164 g/mol. The highest BCUT2D eigenvalue weighted by molar-refractivity contribution is 7.99. The van der Waals surface area contributed by atoms with Crippen LogP contribution in [0, 0.1) is 0 Å². The molecule has 0 aliphatic rings. The standard InChI is InChI=1S/C11H22S/c1-4-6-8-11(3)9-7-10-12-5-2/h3-10H2,1-2H3. The third-order valence-electron chi connectivity index (χ3n) is 1.91. The summed E-state index contributed by atoms with van der Waals surface area (Å²) >= 11 is 2.03. The van der Waals surface area contributed by atoms with Gasteiger partial charge < -0.3 is 0 Å². The molecule has 0 fully saturated rings. The van der Waals surface area contributed by atoms with Crippen LogP contribution in [0.15, 0.2) is 12.2 Å². The second-order valence-electron chi connectivity index (χ2n) is 3.15. The molecule has 0 heterocycles. The number of hydrogen-bond donors (Lipinski definition) is 0. The lowest BCUT2D eigenvalue weighted by Gasteiger charge is -2.03. The molecule has 72 valence electrons. The van der Waals surface area contributed by atoms with Gasteiger partial charge >= 0.3 is 0 Å². The summed E-state index contributed by atoms with van der Waals surface area (Å²) in [5, 5.41) is 0. The van der Waals surface area contributed by atoms with E-state index >= 15 is 0 Å². The molecule has 0 aliphatic heterocycles. The Labute approximate surface area is 81.8 Å². The van der Waals surface area contributed by atoms with Crippen LogP contribution in [0.3, 0.4) is 0 Å². The van der Waals surface area contributed by atoms with E-state index in [9.17, 15) is 0 Å². The summed E-state index contributed by atoms with van der Waals surface area (Å²) in [6.45, 7) is 8.54. The van der Waals surface area contributed by atoms with Crippen LogP contribution in [0.4, 0.5) is 0 Å². The van der Waals surface area contributed by atoms with E-state index in [2.05, 4.69) is 20.4 Å². The largest absolute Gasteiger partial charge is 0.162 e. The highest BCUT2D eigenvalue weighted by Gasteiger charge is 1.93. The molecule has 0 saturated carbocycles. The van der Waals surface area contributed by atoms with Crippen molar-refractivity contribution >= 4 is 11.8 Å². The molecule has 0 N–H and O–H groups in total. The predicted octanol–water partition coefficient (Wildman–Crippen LogP) is 4.27. The zero-order chi connectivity index (χ0) is 9.23. The van der Waals surface area contributed by atoms with Crippen LogP contribution in [-0.2, 0) is 0 Å². The van der Waals surface area contributed by atoms with Crippen molar-refractivity contribution in [1.82, 2.24) is 0 Å². The fourth-order valence-electron chi connectivity index (χ4n) is 1.12. The van der Waals surface area contributed by atoms with Crippen LogP contribution in [0.25, 0.3) is 0 Å². The Balaban J connectivity index is 3.08. The van der Waals surface area contributed by atoms with Crippen LogP contribution in [0.1, 0.15) is 46.0 Å². The maximum atomic E-state index is 4.08.